The molecular formula is C13H19NO2. The van der Waals surface area contributed by atoms with Crippen molar-refractivity contribution in [1.82, 2.24) is 5.32 Å². The Morgan fingerprint density at radius 3 is 2.69 bits per heavy atom. The van der Waals surface area contributed by atoms with Gasteiger partial charge in [0, 0.05) is 6.04 Å². The van der Waals surface area contributed by atoms with E-state index in [9.17, 15) is 4.79 Å². The molecule has 1 amide bonds. The van der Waals surface area contributed by atoms with Crippen LogP contribution in [0.1, 0.15) is 50.1 Å². The molecule has 3 nitrogen and oxygen atoms in total. The van der Waals surface area contributed by atoms with Crippen LogP contribution in [0.25, 0.3) is 0 Å². The van der Waals surface area contributed by atoms with Crippen molar-refractivity contribution < 1.29 is 9.21 Å². The fourth-order valence-electron chi connectivity index (χ4n) is 2.21. The summed E-state index contributed by atoms with van der Waals surface area (Å²) in [6, 6.07) is 3.74. The molecule has 88 valence electrons. The van der Waals surface area contributed by atoms with Gasteiger partial charge in [0.25, 0.3) is 5.91 Å². The summed E-state index contributed by atoms with van der Waals surface area (Å²) in [5, 5.41) is 3.03. The first kappa shape index (κ1) is 11.2. The zero-order valence-electron chi connectivity index (χ0n) is 9.95. The van der Waals surface area contributed by atoms with E-state index in [0.717, 1.165) is 12.8 Å². The molecule has 1 saturated carbocycles. The Bertz CT molecular complexity index is 344. The molecule has 3 heteroatoms. The second kappa shape index (κ2) is 4.32. The SMILES string of the molecule is CC1(C)CCC(NC(=O)c2ccco2)CC1. The lowest BCUT2D eigenvalue weighted by Crippen LogP contribution is -2.39. The van der Waals surface area contributed by atoms with Gasteiger partial charge in [0.05, 0.1) is 6.26 Å². The molecule has 0 saturated heterocycles. The lowest BCUT2D eigenvalue weighted by Gasteiger charge is -2.34. The Morgan fingerprint density at radius 1 is 1.44 bits per heavy atom. The van der Waals surface area contributed by atoms with E-state index in [2.05, 4.69) is 19.2 Å². The van der Waals surface area contributed by atoms with Crippen molar-refractivity contribution in [2.75, 3.05) is 0 Å². The van der Waals surface area contributed by atoms with E-state index in [-0.39, 0.29) is 5.91 Å². The fourth-order valence-corrected chi connectivity index (χ4v) is 2.21. The maximum Gasteiger partial charge on any atom is 0.287 e. The lowest BCUT2D eigenvalue weighted by molar-refractivity contribution is 0.0881. The molecule has 1 heterocycles. The number of furan rings is 1. The zero-order chi connectivity index (χ0) is 11.6. The summed E-state index contributed by atoms with van der Waals surface area (Å²) in [6.07, 6.45) is 6.02. The van der Waals surface area contributed by atoms with E-state index in [0.29, 0.717) is 17.2 Å². The highest BCUT2D eigenvalue weighted by molar-refractivity contribution is 5.91. The predicted molar refractivity (Wildman–Crippen MR) is 62.2 cm³/mol. The second-order valence-corrected chi connectivity index (χ2v) is 5.39. The molecule has 16 heavy (non-hydrogen) atoms. The first-order chi connectivity index (χ1) is 7.57. The fraction of sp³-hybridized carbons (Fsp3) is 0.615. The first-order valence-corrected chi connectivity index (χ1v) is 5.91. The van der Waals surface area contributed by atoms with Gasteiger partial charge in [-0.05, 0) is 43.2 Å². The van der Waals surface area contributed by atoms with Crippen molar-refractivity contribution in [2.24, 2.45) is 5.41 Å². The Morgan fingerprint density at radius 2 is 2.12 bits per heavy atom. The molecule has 0 aromatic carbocycles. The van der Waals surface area contributed by atoms with Crippen molar-refractivity contribution in [3.63, 3.8) is 0 Å². The second-order valence-electron chi connectivity index (χ2n) is 5.39. The molecule has 0 aliphatic heterocycles. The lowest BCUT2D eigenvalue weighted by atomic mass is 9.75. The van der Waals surface area contributed by atoms with Crippen LogP contribution in [0.15, 0.2) is 22.8 Å². The van der Waals surface area contributed by atoms with E-state index in [1.54, 1.807) is 12.1 Å². The number of hydrogen-bond acceptors (Lipinski definition) is 2. The Labute approximate surface area is 96.2 Å². The highest BCUT2D eigenvalue weighted by Gasteiger charge is 2.27. The zero-order valence-corrected chi connectivity index (χ0v) is 9.95. The number of rotatable bonds is 2. The van der Waals surface area contributed by atoms with Gasteiger partial charge in [-0.3, -0.25) is 4.79 Å². The molecule has 2 rings (SSSR count). The quantitative estimate of drug-likeness (QED) is 0.834. The number of hydrogen-bond donors (Lipinski definition) is 1. The standard InChI is InChI=1S/C13H19NO2/c1-13(2)7-5-10(6-8-13)14-12(15)11-4-3-9-16-11/h3-4,9-10H,5-8H2,1-2H3,(H,14,15). The Kier molecular flexibility index (Phi) is 3.03. The van der Waals surface area contributed by atoms with Crippen molar-refractivity contribution in [3.05, 3.63) is 24.2 Å². The number of carbonyl (C=O) groups is 1. The largest absolute Gasteiger partial charge is 0.459 e. The van der Waals surface area contributed by atoms with Crippen LogP contribution in [0.3, 0.4) is 0 Å². The molecule has 1 N–H and O–H groups in total. The maximum atomic E-state index is 11.7. The molecule has 1 aliphatic carbocycles. The summed E-state index contributed by atoms with van der Waals surface area (Å²) in [4.78, 5) is 11.7. The minimum Gasteiger partial charge on any atom is -0.459 e. The summed E-state index contributed by atoms with van der Waals surface area (Å²) < 4.78 is 5.07. The van der Waals surface area contributed by atoms with Crippen LogP contribution < -0.4 is 5.32 Å². The van der Waals surface area contributed by atoms with Crippen LogP contribution in [0.2, 0.25) is 0 Å². The van der Waals surface area contributed by atoms with E-state index < -0.39 is 0 Å². The van der Waals surface area contributed by atoms with Crippen molar-refractivity contribution in [3.8, 4) is 0 Å². The molecule has 0 atom stereocenters. The number of nitrogens with one attached hydrogen (secondary N) is 1. The molecule has 1 aromatic rings. The van der Waals surface area contributed by atoms with Gasteiger partial charge in [-0.25, -0.2) is 0 Å². The van der Waals surface area contributed by atoms with Crippen molar-refractivity contribution in [1.29, 1.82) is 0 Å². The molecule has 0 unspecified atom stereocenters. The predicted octanol–water partition coefficient (Wildman–Crippen LogP) is 2.98. The van der Waals surface area contributed by atoms with E-state index >= 15 is 0 Å². The topological polar surface area (TPSA) is 42.2 Å². The van der Waals surface area contributed by atoms with Crippen molar-refractivity contribution >= 4 is 5.91 Å². The van der Waals surface area contributed by atoms with Crippen LogP contribution in [0.5, 0.6) is 0 Å². The van der Waals surface area contributed by atoms with Crippen molar-refractivity contribution in [2.45, 2.75) is 45.6 Å². The van der Waals surface area contributed by atoms with E-state index in [1.165, 1.54) is 19.1 Å². The van der Waals surface area contributed by atoms with Gasteiger partial charge in [0.2, 0.25) is 0 Å². The highest BCUT2D eigenvalue weighted by atomic mass is 16.3. The summed E-state index contributed by atoms with van der Waals surface area (Å²) in [6.45, 7) is 4.58. The normalized spacial score (nSPS) is 20.6. The average molecular weight is 221 g/mol. The van der Waals surface area contributed by atoms with Gasteiger partial charge in [-0.15, -0.1) is 0 Å². The van der Waals surface area contributed by atoms with E-state index in [1.807, 2.05) is 0 Å². The molecule has 1 aliphatic rings. The van der Waals surface area contributed by atoms with Gasteiger partial charge < -0.3 is 9.73 Å². The maximum absolute atomic E-state index is 11.7. The summed E-state index contributed by atoms with van der Waals surface area (Å²) in [5.74, 6) is 0.319. The van der Waals surface area contributed by atoms with Gasteiger partial charge in [0.1, 0.15) is 0 Å². The van der Waals surface area contributed by atoms with E-state index in [4.69, 9.17) is 4.42 Å². The van der Waals surface area contributed by atoms with Crippen LogP contribution in [-0.4, -0.2) is 11.9 Å². The molecule has 0 bridgehead atoms. The summed E-state index contributed by atoms with van der Waals surface area (Å²) in [5.41, 5.74) is 0.436. The smallest absolute Gasteiger partial charge is 0.287 e. The minimum atomic E-state index is -0.0882. The number of amides is 1. The third-order valence-electron chi connectivity index (χ3n) is 3.42. The molecular weight excluding hydrogens is 202 g/mol. The molecule has 0 radical (unpaired) electrons. The molecule has 1 fully saturated rings. The number of carbonyl (C=O) groups excluding carboxylic acids is 1. The Balaban J connectivity index is 1.85. The molecule has 1 aromatic heterocycles. The van der Waals surface area contributed by atoms with Crippen LogP contribution in [0, 0.1) is 5.41 Å². The monoisotopic (exact) mass is 221 g/mol. The van der Waals surface area contributed by atoms with Gasteiger partial charge >= 0.3 is 0 Å². The average Bonchev–Trinajstić information content (AvgIpc) is 2.74. The van der Waals surface area contributed by atoms with Gasteiger partial charge in [-0.2, -0.15) is 0 Å². The van der Waals surface area contributed by atoms with Crippen LogP contribution in [-0.2, 0) is 0 Å². The van der Waals surface area contributed by atoms with Gasteiger partial charge in [0.15, 0.2) is 5.76 Å². The third kappa shape index (κ3) is 2.65. The summed E-state index contributed by atoms with van der Waals surface area (Å²) in [7, 11) is 0. The first-order valence-electron chi connectivity index (χ1n) is 5.91. The Hall–Kier alpha value is -1.25. The van der Waals surface area contributed by atoms with Gasteiger partial charge in [-0.1, -0.05) is 13.8 Å². The minimum absolute atomic E-state index is 0.0882. The van der Waals surface area contributed by atoms with Crippen LogP contribution >= 0.6 is 0 Å². The van der Waals surface area contributed by atoms with Crippen LogP contribution in [0.4, 0.5) is 0 Å². The molecule has 0 spiro atoms. The highest BCUT2D eigenvalue weighted by Crippen LogP contribution is 2.35. The third-order valence-corrected chi connectivity index (χ3v) is 3.42. The summed E-state index contributed by atoms with van der Waals surface area (Å²) >= 11 is 0.